The van der Waals surface area contributed by atoms with E-state index in [2.05, 4.69) is 5.32 Å². The third-order valence-electron chi connectivity index (χ3n) is 2.08. The van der Waals surface area contributed by atoms with E-state index in [0.29, 0.717) is 5.75 Å². The second kappa shape index (κ2) is 6.12. The quantitative estimate of drug-likeness (QED) is 0.825. The van der Waals surface area contributed by atoms with Crippen LogP contribution in [-0.2, 0) is 0 Å². The molecule has 0 heterocycles. The summed E-state index contributed by atoms with van der Waals surface area (Å²) in [6, 6.07) is 6.08. The minimum Gasteiger partial charge on any atom is -0.497 e. The maximum atomic E-state index is 13.8. The van der Waals surface area contributed by atoms with Crippen LogP contribution in [0.1, 0.15) is 0 Å². The van der Waals surface area contributed by atoms with E-state index >= 15 is 0 Å². The fraction of sp³-hybridized carbons (Fsp3) is 0.167. The molecule has 1 rings (SSSR count). The second-order valence-electron chi connectivity index (χ2n) is 3.12. The molecule has 5 nitrogen and oxygen atoms in total. The molecule has 1 N–H and O–H groups in total. The Morgan fingerprint density at radius 3 is 2.44 bits per heavy atom. The third kappa shape index (κ3) is 2.89. The number of halogens is 1. The number of rotatable bonds is 4. The Labute approximate surface area is 104 Å². The molecule has 0 aromatic heterocycles. The summed E-state index contributed by atoms with van der Waals surface area (Å²) in [6.45, 7) is 0. The van der Waals surface area contributed by atoms with Gasteiger partial charge in [-0.05, 0) is 0 Å². The predicted molar refractivity (Wildman–Crippen MR) is 62.4 cm³/mol. The Morgan fingerprint density at radius 1 is 1.28 bits per heavy atom. The van der Waals surface area contributed by atoms with Crippen molar-refractivity contribution in [2.75, 3.05) is 19.5 Å². The van der Waals surface area contributed by atoms with Crippen LogP contribution in [0.3, 0.4) is 0 Å². The number of nitriles is 2. The summed E-state index contributed by atoms with van der Waals surface area (Å²) in [6.07, 6.45) is 1.11. The third-order valence-corrected chi connectivity index (χ3v) is 2.08. The number of hydrogen-bond acceptors (Lipinski definition) is 5. The predicted octanol–water partition coefficient (Wildman–Crippen LogP) is 2.19. The van der Waals surface area contributed by atoms with Gasteiger partial charge in [-0.25, -0.2) is 4.39 Å². The van der Waals surface area contributed by atoms with Crippen molar-refractivity contribution >= 4 is 5.69 Å². The maximum absolute atomic E-state index is 13.8. The largest absolute Gasteiger partial charge is 0.497 e. The van der Waals surface area contributed by atoms with E-state index in [1.165, 1.54) is 26.4 Å². The number of anilines is 1. The van der Waals surface area contributed by atoms with Crippen LogP contribution in [-0.4, -0.2) is 14.2 Å². The standard InChI is InChI=1S/C12H10FN3O2/c1-17-9-3-10(12(13)11(4-9)18-2)16-7-8(5-14)6-15/h3-4,7,16H,1-2H3. The van der Waals surface area contributed by atoms with Crippen molar-refractivity contribution in [2.45, 2.75) is 0 Å². The first-order valence-corrected chi connectivity index (χ1v) is 4.84. The molecule has 0 aliphatic heterocycles. The Kier molecular flexibility index (Phi) is 4.53. The van der Waals surface area contributed by atoms with E-state index in [1.807, 2.05) is 0 Å². The zero-order chi connectivity index (χ0) is 13.5. The zero-order valence-electron chi connectivity index (χ0n) is 9.82. The van der Waals surface area contributed by atoms with Crippen molar-refractivity contribution in [2.24, 2.45) is 0 Å². The number of nitrogens with zero attached hydrogens (tertiary/aromatic N) is 2. The average molecular weight is 247 g/mol. The van der Waals surface area contributed by atoms with Crippen LogP contribution < -0.4 is 14.8 Å². The summed E-state index contributed by atoms with van der Waals surface area (Å²) in [4.78, 5) is 0. The molecule has 0 aliphatic carbocycles. The zero-order valence-corrected chi connectivity index (χ0v) is 9.82. The van der Waals surface area contributed by atoms with E-state index in [1.54, 1.807) is 12.1 Å². The molecular formula is C12H10FN3O2. The first-order valence-electron chi connectivity index (χ1n) is 4.84. The Balaban J connectivity index is 3.13. The Bertz CT molecular complexity index is 540. The van der Waals surface area contributed by atoms with Gasteiger partial charge in [0, 0.05) is 18.3 Å². The molecule has 0 aliphatic rings. The van der Waals surface area contributed by atoms with E-state index in [9.17, 15) is 4.39 Å². The van der Waals surface area contributed by atoms with Crippen LogP contribution >= 0.6 is 0 Å². The van der Waals surface area contributed by atoms with Gasteiger partial charge in [0.2, 0.25) is 0 Å². The van der Waals surface area contributed by atoms with E-state index in [4.69, 9.17) is 20.0 Å². The highest BCUT2D eigenvalue weighted by molar-refractivity contribution is 5.58. The van der Waals surface area contributed by atoms with Gasteiger partial charge in [0.1, 0.15) is 23.5 Å². The highest BCUT2D eigenvalue weighted by Crippen LogP contribution is 2.30. The number of hydrogen-bond donors (Lipinski definition) is 1. The van der Waals surface area contributed by atoms with Gasteiger partial charge in [-0.3, -0.25) is 0 Å². The first kappa shape index (κ1) is 13.3. The van der Waals surface area contributed by atoms with Crippen molar-refractivity contribution in [3.8, 4) is 23.6 Å². The first-order chi connectivity index (χ1) is 8.65. The van der Waals surface area contributed by atoms with Crippen molar-refractivity contribution in [3.05, 3.63) is 29.7 Å². The number of nitrogens with one attached hydrogen (secondary N) is 1. The average Bonchev–Trinajstić information content (AvgIpc) is 2.41. The van der Waals surface area contributed by atoms with Crippen molar-refractivity contribution in [3.63, 3.8) is 0 Å². The number of allylic oxidation sites excluding steroid dienone is 1. The number of methoxy groups -OCH3 is 2. The van der Waals surface area contributed by atoms with Crippen LogP contribution in [0.25, 0.3) is 0 Å². The van der Waals surface area contributed by atoms with Gasteiger partial charge in [-0.15, -0.1) is 0 Å². The normalized spacial score (nSPS) is 8.72. The number of benzene rings is 1. The fourth-order valence-corrected chi connectivity index (χ4v) is 1.18. The lowest BCUT2D eigenvalue weighted by molar-refractivity contribution is 0.375. The summed E-state index contributed by atoms with van der Waals surface area (Å²) in [7, 11) is 2.76. The minimum absolute atomic E-state index is 0.000662. The van der Waals surface area contributed by atoms with Crippen LogP contribution in [0.15, 0.2) is 23.9 Å². The van der Waals surface area contributed by atoms with Crippen molar-refractivity contribution < 1.29 is 13.9 Å². The molecule has 0 unspecified atom stereocenters. The lowest BCUT2D eigenvalue weighted by Crippen LogP contribution is -1.98. The summed E-state index contributed by atoms with van der Waals surface area (Å²) in [5.41, 5.74) is -0.120. The molecule has 1 aromatic rings. The van der Waals surface area contributed by atoms with Crippen molar-refractivity contribution in [1.82, 2.24) is 0 Å². The topological polar surface area (TPSA) is 78.1 Å². The van der Waals surface area contributed by atoms with Gasteiger partial charge >= 0.3 is 0 Å². The molecule has 0 spiro atoms. The molecule has 0 radical (unpaired) electrons. The van der Waals surface area contributed by atoms with Gasteiger partial charge in [-0.2, -0.15) is 10.5 Å². The monoisotopic (exact) mass is 247 g/mol. The highest BCUT2D eigenvalue weighted by atomic mass is 19.1. The fourth-order valence-electron chi connectivity index (χ4n) is 1.18. The van der Waals surface area contributed by atoms with Gasteiger partial charge in [0.25, 0.3) is 0 Å². The van der Waals surface area contributed by atoms with E-state index in [-0.39, 0.29) is 17.0 Å². The molecule has 0 atom stereocenters. The molecule has 0 saturated heterocycles. The number of ether oxygens (including phenoxy) is 2. The van der Waals surface area contributed by atoms with Gasteiger partial charge in [-0.1, -0.05) is 0 Å². The lowest BCUT2D eigenvalue weighted by Gasteiger charge is -2.10. The van der Waals surface area contributed by atoms with E-state index in [0.717, 1.165) is 6.20 Å². The second-order valence-corrected chi connectivity index (χ2v) is 3.12. The minimum atomic E-state index is -0.634. The van der Waals surface area contributed by atoms with Crippen LogP contribution in [0, 0.1) is 28.5 Å². The van der Waals surface area contributed by atoms with Crippen LogP contribution in [0.2, 0.25) is 0 Å². The van der Waals surface area contributed by atoms with Crippen molar-refractivity contribution in [1.29, 1.82) is 10.5 Å². The van der Waals surface area contributed by atoms with Crippen LogP contribution in [0.4, 0.5) is 10.1 Å². The van der Waals surface area contributed by atoms with Crippen LogP contribution in [0.5, 0.6) is 11.5 Å². The molecule has 0 amide bonds. The summed E-state index contributed by atoms with van der Waals surface area (Å²) in [5.74, 6) is -0.245. The molecular weight excluding hydrogens is 237 g/mol. The molecule has 18 heavy (non-hydrogen) atoms. The summed E-state index contributed by atoms with van der Waals surface area (Å²) < 4.78 is 23.6. The molecule has 0 fully saturated rings. The van der Waals surface area contributed by atoms with Gasteiger partial charge in [0.05, 0.1) is 19.9 Å². The molecule has 0 saturated carbocycles. The van der Waals surface area contributed by atoms with Gasteiger partial charge in [0.15, 0.2) is 11.6 Å². The van der Waals surface area contributed by atoms with Gasteiger partial charge < -0.3 is 14.8 Å². The Hall–Kier alpha value is -2.73. The maximum Gasteiger partial charge on any atom is 0.188 e. The highest BCUT2D eigenvalue weighted by Gasteiger charge is 2.11. The summed E-state index contributed by atoms with van der Waals surface area (Å²) >= 11 is 0. The van der Waals surface area contributed by atoms with E-state index < -0.39 is 5.82 Å². The summed E-state index contributed by atoms with van der Waals surface area (Å²) in [5, 5.41) is 19.6. The lowest BCUT2D eigenvalue weighted by atomic mass is 10.2. The molecule has 6 heteroatoms. The Morgan fingerprint density at radius 2 is 1.94 bits per heavy atom. The SMILES string of the molecule is COc1cc(NC=C(C#N)C#N)c(F)c(OC)c1. The smallest absolute Gasteiger partial charge is 0.188 e. The molecule has 1 aromatic carbocycles. The molecule has 0 bridgehead atoms. The molecule has 92 valence electrons.